The largest absolute Gasteiger partial charge is 0.484 e. The van der Waals surface area contributed by atoms with E-state index in [0.717, 1.165) is 39.7 Å². The van der Waals surface area contributed by atoms with E-state index in [1.807, 2.05) is 42.5 Å². The Morgan fingerprint density at radius 3 is 2.37 bits per heavy atom. The van der Waals surface area contributed by atoms with Gasteiger partial charge in [-0.15, -0.1) is 0 Å². The van der Waals surface area contributed by atoms with E-state index >= 15 is 0 Å². The summed E-state index contributed by atoms with van der Waals surface area (Å²) in [7, 11) is 0. The highest BCUT2D eigenvalue weighted by molar-refractivity contribution is 6.13. The van der Waals surface area contributed by atoms with E-state index in [2.05, 4.69) is 78.2 Å². The van der Waals surface area contributed by atoms with Crippen molar-refractivity contribution in [1.82, 2.24) is 5.32 Å². The van der Waals surface area contributed by atoms with E-state index in [1.165, 1.54) is 11.1 Å². The number of hydrogen-bond acceptors (Lipinski definition) is 4. The fraction of sp³-hybridized carbons (Fsp3) is 0.0968. The highest BCUT2D eigenvalue weighted by Gasteiger charge is 2.42. The van der Waals surface area contributed by atoms with Gasteiger partial charge in [0.05, 0.1) is 5.92 Å². The number of allylic oxidation sites excluding steroid dienone is 5. The number of nitrogens with one attached hydrogen (secondary N) is 1. The van der Waals surface area contributed by atoms with Crippen molar-refractivity contribution in [2.75, 3.05) is 0 Å². The number of amidine groups is 2. The predicted molar refractivity (Wildman–Crippen MR) is 140 cm³/mol. The summed E-state index contributed by atoms with van der Waals surface area (Å²) >= 11 is 0. The molecule has 4 aliphatic rings. The first-order valence-electron chi connectivity index (χ1n) is 11.9. The molecule has 4 nitrogen and oxygen atoms in total. The smallest absolute Gasteiger partial charge is 0.159 e. The molecule has 0 bridgehead atoms. The molecule has 0 fully saturated rings. The summed E-state index contributed by atoms with van der Waals surface area (Å²) in [6, 6.07) is 28.8. The Bertz CT molecular complexity index is 1490. The molecule has 3 unspecified atom stereocenters. The van der Waals surface area contributed by atoms with Crippen molar-refractivity contribution in [3.63, 3.8) is 0 Å². The lowest BCUT2D eigenvalue weighted by atomic mass is 9.73. The van der Waals surface area contributed by atoms with Gasteiger partial charge in [-0.2, -0.15) is 0 Å². The SMILES string of the molecule is C1=CC2=CC=C(C3=NC(c4ccccc4)=NC(c4ccccc4)N3)C3Oc4ccccc4C(=C1)C23. The maximum atomic E-state index is 6.68. The van der Waals surface area contributed by atoms with Crippen molar-refractivity contribution >= 4 is 17.2 Å². The normalized spacial score (nSPS) is 23.8. The molecule has 3 atom stereocenters. The van der Waals surface area contributed by atoms with Gasteiger partial charge in [0.25, 0.3) is 0 Å². The molecule has 4 heteroatoms. The van der Waals surface area contributed by atoms with Gasteiger partial charge >= 0.3 is 0 Å². The molecular weight excluding hydrogens is 430 g/mol. The van der Waals surface area contributed by atoms with Crippen LogP contribution in [0.3, 0.4) is 0 Å². The minimum absolute atomic E-state index is 0.133. The zero-order valence-electron chi connectivity index (χ0n) is 19.0. The number of nitrogens with zero attached hydrogens (tertiary/aromatic N) is 2. The molecular formula is C31H23N3O. The van der Waals surface area contributed by atoms with E-state index in [0.29, 0.717) is 0 Å². The number of benzene rings is 3. The number of aliphatic imine (C=N–C) groups is 2. The number of rotatable bonds is 3. The monoisotopic (exact) mass is 453 g/mol. The minimum atomic E-state index is -0.234. The van der Waals surface area contributed by atoms with Gasteiger partial charge in [-0.05, 0) is 22.8 Å². The van der Waals surface area contributed by atoms with Gasteiger partial charge in [-0.1, -0.05) is 109 Å². The third-order valence-electron chi connectivity index (χ3n) is 6.94. The summed E-state index contributed by atoms with van der Waals surface area (Å²) in [5.41, 5.74) is 6.85. The maximum Gasteiger partial charge on any atom is 0.159 e. The lowest BCUT2D eigenvalue weighted by Gasteiger charge is -2.41. The molecule has 2 aliphatic carbocycles. The molecule has 2 heterocycles. The van der Waals surface area contributed by atoms with E-state index < -0.39 is 0 Å². The van der Waals surface area contributed by atoms with Crippen LogP contribution < -0.4 is 10.1 Å². The van der Waals surface area contributed by atoms with Crippen LogP contribution in [0.5, 0.6) is 5.75 Å². The fourth-order valence-corrected chi connectivity index (χ4v) is 5.27. The number of para-hydroxylation sites is 1. The first-order chi connectivity index (χ1) is 17.3. The van der Waals surface area contributed by atoms with Crippen LogP contribution in [-0.4, -0.2) is 17.8 Å². The van der Waals surface area contributed by atoms with Crippen LogP contribution >= 0.6 is 0 Å². The lowest BCUT2D eigenvalue weighted by molar-refractivity contribution is 0.203. The van der Waals surface area contributed by atoms with Crippen molar-refractivity contribution in [3.05, 3.63) is 143 Å². The average Bonchev–Trinajstić information content (AvgIpc) is 2.94. The Balaban J connectivity index is 1.35. The van der Waals surface area contributed by atoms with Gasteiger partial charge < -0.3 is 10.1 Å². The molecule has 7 rings (SSSR count). The van der Waals surface area contributed by atoms with Gasteiger partial charge in [0.1, 0.15) is 23.9 Å². The van der Waals surface area contributed by atoms with Crippen molar-refractivity contribution in [3.8, 4) is 5.75 Å². The summed E-state index contributed by atoms with van der Waals surface area (Å²) < 4.78 is 6.68. The van der Waals surface area contributed by atoms with Crippen molar-refractivity contribution in [2.45, 2.75) is 12.3 Å². The molecule has 3 aromatic carbocycles. The van der Waals surface area contributed by atoms with Crippen LogP contribution in [0.1, 0.15) is 22.9 Å². The Kier molecular flexibility index (Phi) is 4.62. The fourth-order valence-electron chi connectivity index (χ4n) is 5.27. The summed E-state index contributed by atoms with van der Waals surface area (Å²) in [6.45, 7) is 0. The van der Waals surface area contributed by atoms with E-state index in [-0.39, 0.29) is 18.2 Å². The van der Waals surface area contributed by atoms with Gasteiger partial charge in [0, 0.05) is 16.7 Å². The molecule has 3 aromatic rings. The predicted octanol–water partition coefficient (Wildman–Crippen LogP) is 6.03. The third-order valence-corrected chi connectivity index (χ3v) is 6.94. The summed E-state index contributed by atoms with van der Waals surface area (Å²) in [4.78, 5) is 10.0. The van der Waals surface area contributed by atoms with Crippen molar-refractivity contribution < 1.29 is 4.74 Å². The zero-order chi connectivity index (χ0) is 23.2. The second-order valence-electron chi connectivity index (χ2n) is 9.02. The topological polar surface area (TPSA) is 46.0 Å². The Morgan fingerprint density at radius 1 is 0.743 bits per heavy atom. The van der Waals surface area contributed by atoms with Crippen molar-refractivity contribution in [1.29, 1.82) is 0 Å². The molecule has 35 heavy (non-hydrogen) atoms. The second kappa shape index (κ2) is 8.10. The molecule has 0 amide bonds. The van der Waals surface area contributed by atoms with Gasteiger partial charge in [-0.25, -0.2) is 9.98 Å². The molecule has 168 valence electrons. The van der Waals surface area contributed by atoms with E-state index in [4.69, 9.17) is 14.7 Å². The quantitative estimate of drug-likeness (QED) is 0.526. The van der Waals surface area contributed by atoms with Gasteiger partial charge in [-0.3, -0.25) is 0 Å². The lowest BCUT2D eigenvalue weighted by Crippen LogP contribution is -2.44. The molecule has 0 saturated carbocycles. The number of fused-ring (bicyclic) bond motifs is 2. The summed E-state index contributed by atoms with van der Waals surface area (Å²) in [5, 5.41) is 3.61. The van der Waals surface area contributed by atoms with Gasteiger partial charge in [0.2, 0.25) is 0 Å². The first-order valence-corrected chi connectivity index (χ1v) is 11.9. The van der Waals surface area contributed by atoms with Crippen LogP contribution in [0.4, 0.5) is 0 Å². The molecule has 1 N–H and O–H groups in total. The molecule has 0 spiro atoms. The summed E-state index contributed by atoms with van der Waals surface area (Å²) in [5.74, 6) is 2.57. The van der Waals surface area contributed by atoms with Crippen LogP contribution in [0.25, 0.3) is 5.57 Å². The molecule has 0 aromatic heterocycles. The zero-order valence-corrected chi connectivity index (χ0v) is 19.0. The highest BCUT2D eigenvalue weighted by atomic mass is 16.5. The average molecular weight is 454 g/mol. The molecule has 2 aliphatic heterocycles. The Hall–Kier alpha value is -4.44. The summed E-state index contributed by atoms with van der Waals surface area (Å²) in [6.07, 6.45) is 10.5. The van der Waals surface area contributed by atoms with Crippen LogP contribution in [-0.2, 0) is 0 Å². The van der Waals surface area contributed by atoms with Crippen LogP contribution in [0.15, 0.2) is 136 Å². The van der Waals surface area contributed by atoms with Crippen molar-refractivity contribution in [2.24, 2.45) is 15.9 Å². The molecule has 0 saturated heterocycles. The van der Waals surface area contributed by atoms with E-state index in [1.54, 1.807) is 0 Å². The maximum absolute atomic E-state index is 6.68. The van der Waals surface area contributed by atoms with E-state index in [9.17, 15) is 0 Å². The Labute approximate surface area is 204 Å². The van der Waals surface area contributed by atoms with Gasteiger partial charge in [0.15, 0.2) is 5.84 Å². The third kappa shape index (κ3) is 3.38. The molecule has 0 radical (unpaired) electrons. The second-order valence-corrected chi connectivity index (χ2v) is 9.02. The first kappa shape index (κ1) is 20.0. The number of ether oxygens (including phenoxy) is 1. The minimum Gasteiger partial charge on any atom is -0.484 e. The standard InChI is InChI=1S/C31H23N3O/c1-3-10-21(11-4-1)29-32-30(22-12-5-2-6-13-22)34-31(33-29)25-19-18-20-14-9-16-24-23-15-7-8-17-26(23)35-28(25)27(20)24/h1-19,27-29H,(H,32,33,34). The number of hydrogen-bond donors (Lipinski definition) is 1. The van der Waals surface area contributed by atoms with Crippen LogP contribution in [0, 0.1) is 5.92 Å². The van der Waals surface area contributed by atoms with Crippen LogP contribution in [0.2, 0.25) is 0 Å². The Morgan fingerprint density at radius 2 is 1.51 bits per heavy atom. The highest BCUT2D eigenvalue weighted by Crippen LogP contribution is 2.48.